The van der Waals surface area contributed by atoms with Crippen molar-refractivity contribution in [3.63, 3.8) is 0 Å². The van der Waals surface area contributed by atoms with E-state index in [9.17, 15) is 14.4 Å². The van der Waals surface area contributed by atoms with Gasteiger partial charge in [0, 0.05) is 21.2 Å². The fourth-order valence-electron chi connectivity index (χ4n) is 4.07. The van der Waals surface area contributed by atoms with Crippen molar-refractivity contribution in [2.75, 3.05) is 41.0 Å². The first-order valence-corrected chi connectivity index (χ1v) is 13.9. The van der Waals surface area contributed by atoms with Crippen LogP contribution >= 0.6 is 0 Å². The number of hydrogen-bond donors (Lipinski definition) is 0. The van der Waals surface area contributed by atoms with E-state index < -0.39 is 18.2 Å². The third-order valence-corrected chi connectivity index (χ3v) is 6.27. The topological polar surface area (TPSA) is 85.4 Å². The van der Waals surface area contributed by atoms with Crippen LogP contribution in [0.4, 0.5) is 4.79 Å². The van der Waals surface area contributed by atoms with E-state index in [0.29, 0.717) is 19.4 Å². The average molecular weight is 515 g/mol. The Kier molecular flexibility index (Phi) is 19.2. The summed E-state index contributed by atoms with van der Waals surface area (Å²) in [6.45, 7) is 11.0. The molecule has 0 saturated carbocycles. The Hall–Kier alpha value is -1.83. The van der Waals surface area contributed by atoms with Crippen molar-refractivity contribution in [2.24, 2.45) is 11.8 Å². The van der Waals surface area contributed by atoms with Gasteiger partial charge in [0.05, 0.1) is 13.2 Å². The van der Waals surface area contributed by atoms with E-state index in [4.69, 9.17) is 14.2 Å². The highest BCUT2D eigenvalue weighted by atomic mass is 16.6. The van der Waals surface area contributed by atoms with Crippen LogP contribution < -0.4 is 0 Å². The number of hydrogen-bond acceptors (Lipinski definition) is 6. The lowest BCUT2D eigenvalue weighted by Gasteiger charge is -2.34. The van der Waals surface area contributed by atoms with Gasteiger partial charge in [0.25, 0.3) is 0 Å². The predicted octanol–water partition coefficient (Wildman–Crippen LogP) is 5.67. The first kappa shape index (κ1) is 34.2. The van der Waals surface area contributed by atoms with Crippen LogP contribution in [-0.2, 0) is 23.8 Å². The lowest BCUT2D eigenvalue weighted by Crippen LogP contribution is -2.54. The van der Waals surface area contributed by atoms with E-state index in [-0.39, 0.29) is 36.9 Å². The average Bonchev–Trinajstić information content (AvgIpc) is 2.83. The zero-order chi connectivity index (χ0) is 27.5. The molecule has 0 aliphatic carbocycles. The highest BCUT2D eigenvalue weighted by Gasteiger charge is 2.36. The quantitative estimate of drug-likeness (QED) is 0.154. The van der Waals surface area contributed by atoms with E-state index in [1.807, 2.05) is 27.7 Å². The van der Waals surface area contributed by atoms with Crippen molar-refractivity contribution >= 4 is 18.0 Å². The molecule has 36 heavy (non-hydrogen) atoms. The Morgan fingerprint density at radius 3 is 1.72 bits per heavy atom. The molecule has 0 N–H and O–H groups in total. The molecule has 0 aliphatic heterocycles. The lowest BCUT2D eigenvalue weighted by molar-refractivity contribution is -0.156. The maximum Gasteiger partial charge on any atom is 0.410 e. The zero-order valence-corrected chi connectivity index (χ0v) is 24.3. The van der Waals surface area contributed by atoms with Crippen molar-refractivity contribution in [3.8, 4) is 0 Å². The van der Waals surface area contributed by atoms with E-state index in [1.54, 1.807) is 14.1 Å². The number of methoxy groups -OCH3 is 1. The molecule has 0 spiro atoms. The summed E-state index contributed by atoms with van der Waals surface area (Å²) in [5.41, 5.74) is 0. The summed E-state index contributed by atoms with van der Waals surface area (Å²) in [5, 5.41) is 0. The van der Waals surface area contributed by atoms with Gasteiger partial charge in [-0.15, -0.1) is 0 Å². The van der Waals surface area contributed by atoms with Crippen LogP contribution in [-0.4, -0.2) is 80.9 Å². The molecule has 212 valence electrons. The molecule has 2 unspecified atom stereocenters. The Bertz CT molecular complexity index is 611. The van der Waals surface area contributed by atoms with Gasteiger partial charge in [-0.3, -0.25) is 9.69 Å². The van der Waals surface area contributed by atoms with Crippen LogP contribution in [0.25, 0.3) is 0 Å². The molecule has 0 aromatic carbocycles. The SMILES string of the molecule is CCCCCCCCCCOC(=O)C(CC(C)C)N(C)C(=O)C(CC(C)C)N(C)C(=O)OCCOC. The molecule has 0 radical (unpaired) electrons. The van der Waals surface area contributed by atoms with Crippen molar-refractivity contribution < 1.29 is 28.6 Å². The van der Waals surface area contributed by atoms with Crippen molar-refractivity contribution in [1.82, 2.24) is 9.80 Å². The van der Waals surface area contributed by atoms with Crippen molar-refractivity contribution in [3.05, 3.63) is 0 Å². The van der Waals surface area contributed by atoms with Crippen LogP contribution in [0.2, 0.25) is 0 Å². The zero-order valence-electron chi connectivity index (χ0n) is 24.3. The molecule has 8 heteroatoms. The molecule has 0 bridgehead atoms. The second-order valence-corrected chi connectivity index (χ2v) is 10.6. The number of carbonyl (C=O) groups excluding carboxylic acids is 3. The minimum Gasteiger partial charge on any atom is -0.464 e. The number of ether oxygens (including phenoxy) is 3. The molecule has 0 fully saturated rings. The summed E-state index contributed by atoms with van der Waals surface area (Å²) in [6.07, 6.45) is 9.71. The van der Waals surface area contributed by atoms with Crippen molar-refractivity contribution in [2.45, 2.75) is 111 Å². The molecule has 0 saturated heterocycles. The van der Waals surface area contributed by atoms with Crippen LogP contribution in [0.3, 0.4) is 0 Å². The molecule has 0 aliphatic rings. The Morgan fingerprint density at radius 2 is 1.19 bits per heavy atom. The normalized spacial score (nSPS) is 12.9. The van der Waals surface area contributed by atoms with Gasteiger partial charge < -0.3 is 19.1 Å². The van der Waals surface area contributed by atoms with E-state index >= 15 is 0 Å². The fraction of sp³-hybridized carbons (Fsp3) is 0.893. The van der Waals surface area contributed by atoms with Gasteiger partial charge in [-0.25, -0.2) is 9.59 Å². The highest BCUT2D eigenvalue weighted by molar-refractivity contribution is 5.89. The van der Waals surface area contributed by atoms with Gasteiger partial charge in [-0.2, -0.15) is 0 Å². The molecule has 0 heterocycles. The first-order valence-electron chi connectivity index (χ1n) is 13.9. The van der Waals surface area contributed by atoms with Crippen LogP contribution in [0, 0.1) is 11.8 Å². The summed E-state index contributed by atoms with van der Waals surface area (Å²) >= 11 is 0. The lowest BCUT2D eigenvalue weighted by atomic mass is 9.98. The van der Waals surface area contributed by atoms with Gasteiger partial charge in [-0.1, -0.05) is 79.6 Å². The van der Waals surface area contributed by atoms with Gasteiger partial charge >= 0.3 is 12.1 Å². The Morgan fingerprint density at radius 1 is 0.667 bits per heavy atom. The number of esters is 1. The number of nitrogens with zero attached hydrogens (tertiary/aromatic N) is 2. The largest absolute Gasteiger partial charge is 0.464 e. The number of carbonyl (C=O) groups is 3. The number of likely N-dealkylation sites (N-methyl/N-ethyl adjacent to an activating group) is 2. The highest BCUT2D eigenvalue weighted by Crippen LogP contribution is 2.19. The molecular formula is C28H54N2O6. The van der Waals surface area contributed by atoms with Crippen LogP contribution in [0.1, 0.15) is 98.8 Å². The van der Waals surface area contributed by atoms with Crippen molar-refractivity contribution in [1.29, 1.82) is 0 Å². The van der Waals surface area contributed by atoms with Gasteiger partial charge in [0.15, 0.2) is 0 Å². The standard InChI is InChI=1S/C28H54N2O6/c1-9-10-11-12-13-14-15-16-17-35-27(32)25(21-23(4)5)29(6)26(31)24(20-22(2)3)30(7)28(33)36-19-18-34-8/h22-25H,9-21H2,1-8H3. The van der Waals surface area contributed by atoms with Crippen LogP contribution in [0.15, 0.2) is 0 Å². The van der Waals surface area contributed by atoms with E-state index in [2.05, 4.69) is 6.92 Å². The number of unbranched alkanes of at least 4 members (excludes halogenated alkanes) is 7. The van der Waals surface area contributed by atoms with Gasteiger partial charge in [0.1, 0.15) is 18.7 Å². The second-order valence-electron chi connectivity index (χ2n) is 10.6. The smallest absolute Gasteiger partial charge is 0.410 e. The first-order chi connectivity index (χ1) is 17.1. The summed E-state index contributed by atoms with van der Waals surface area (Å²) < 4.78 is 15.8. The van der Waals surface area contributed by atoms with E-state index in [0.717, 1.165) is 19.3 Å². The molecule has 0 aromatic rings. The summed E-state index contributed by atoms with van der Waals surface area (Å²) in [7, 11) is 4.72. The third-order valence-electron chi connectivity index (χ3n) is 6.27. The van der Waals surface area contributed by atoms with Gasteiger partial charge in [-0.05, 0) is 31.1 Å². The maximum absolute atomic E-state index is 13.5. The fourth-order valence-corrected chi connectivity index (χ4v) is 4.07. The molecule has 8 nitrogen and oxygen atoms in total. The summed E-state index contributed by atoms with van der Waals surface area (Å²) in [6, 6.07) is -1.43. The predicted molar refractivity (Wildman–Crippen MR) is 144 cm³/mol. The molecule has 2 amide bonds. The second kappa shape index (κ2) is 20.3. The number of amides is 2. The van der Waals surface area contributed by atoms with Crippen LogP contribution in [0.5, 0.6) is 0 Å². The summed E-state index contributed by atoms with van der Waals surface area (Å²) in [5.74, 6) is -0.305. The molecular weight excluding hydrogens is 460 g/mol. The minimum absolute atomic E-state index is 0.110. The van der Waals surface area contributed by atoms with Gasteiger partial charge in [0.2, 0.25) is 5.91 Å². The minimum atomic E-state index is -0.736. The number of rotatable bonds is 20. The summed E-state index contributed by atoms with van der Waals surface area (Å²) in [4.78, 5) is 41.9. The maximum atomic E-state index is 13.5. The van der Waals surface area contributed by atoms with E-state index in [1.165, 1.54) is 49.0 Å². The monoisotopic (exact) mass is 514 g/mol. The molecule has 0 aromatic heterocycles. The molecule has 0 rings (SSSR count). The Balaban J connectivity index is 5.09. The Labute approximate surface area is 220 Å². The third kappa shape index (κ3) is 14.7. The molecule has 2 atom stereocenters.